The molecule has 0 aliphatic carbocycles. The van der Waals surface area contributed by atoms with Crippen molar-refractivity contribution in [3.05, 3.63) is 35.9 Å². The number of aliphatic carboxylic acids is 1. The molecule has 1 atom stereocenters. The van der Waals surface area contributed by atoms with Crippen LogP contribution in [0.2, 0.25) is 0 Å². The van der Waals surface area contributed by atoms with Crippen LogP contribution in [0.1, 0.15) is 18.4 Å². The first-order valence-corrected chi connectivity index (χ1v) is 7.34. The molecule has 6 heteroatoms. The van der Waals surface area contributed by atoms with E-state index in [1.165, 1.54) is 16.7 Å². The summed E-state index contributed by atoms with van der Waals surface area (Å²) < 4.78 is 0. The summed E-state index contributed by atoms with van der Waals surface area (Å²) in [5.41, 5.74) is 0.908. The van der Waals surface area contributed by atoms with Crippen LogP contribution in [0.5, 0.6) is 0 Å². The topological polar surface area (TPSA) is 74.7 Å². The molecular weight excluding hydrogens is 278 g/mol. The van der Waals surface area contributed by atoms with Crippen molar-refractivity contribution in [1.82, 2.24) is 4.90 Å². The number of carbonyl (C=O) groups excluding carboxylic acids is 2. The molecule has 2 amide bonds. The number of likely N-dealkylation sites (tertiary alicyclic amines) is 1. The van der Waals surface area contributed by atoms with Crippen molar-refractivity contribution in [2.75, 3.05) is 5.75 Å². The van der Waals surface area contributed by atoms with Gasteiger partial charge in [0.25, 0.3) is 0 Å². The molecule has 20 heavy (non-hydrogen) atoms. The highest BCUT2D eigenvalue weighted by Crippen LogP contribution is 2.26. The molecule has 0 bridgehead atoms. The van der Waals surface area contributed by atoms with E-state index in [2.05, 4.69) is 0 Å². The van der Waals surface area contributed by atoms with Crippen LogP contribution in [0.25, 0.3) is 0 Å². The van der Waals surface area contributed by atoms with Gasteiger partial charge in [0, 0.05) is 12.2 Å². The number of carboxylic acid groups (broad SMARTS) is 1. The number of hydrogen-bond donors (Lipinski definition) is 1. The van der Waals surface area contributed by atoms with E-state index in [-0.39, 0.29) is 31.2 Å². The normalized spacial score (nSPS) is 18.6. The maximum Gasteiger partial charge on any atom is 0.304 e. The molecular formula is C14H15NO4S. The number of carbonyl (C=O) groups is 3. The van der Waals surface area contributed by atoms with Gasteiger partial charge in [0.2, 0.25) is 11.8 Å². The van der Waals surface area contributed by atoms with Gasteiger partial charge in [-0.25, -0.2) is 0 Å². The van der Waals surface area contributed by atoms with Gasteiger partial charge in [-0.3, -0.25) is 19.3 Å². The average Bonchev–Trinajstić information content (AvgIpc) is 2.67. The molecule has 1 saturated heterocycles. The molecule has 1 N–H and O–H groups in total. The predicted molar refractivity (Wildman–Crippen MR) is 75.1 cm³/mol. The summed E-state index contributed by atoms with van der Waals surface area (Å²) in [6, 6.07) is 9.33. The number of nitrogens with zero attached hydrogens (tertiary/aromatic N) is 1. The highest BCUT2D eigenvalue weighted by molar-refractivity contribution is 8.00. The van der Waals surface area contributed by atoms with Crippen molar-refractivity contribution >= 4 is 29.5 Å². The molecule has 0 saturated carbocycles. The van der Waals surface area contributed by atoms with Crippen LogP contribution >= 0.6 is 11.8 Å². The zero-order valence-corrected chi connectivity index (χ0v) is 11.6. The van der Waals surface area contributed by atoms with Gasteiger partial charge < -0.3 is 5.11 Å². The molecule has 106 valence electrons. The van der Waals surface area contributed by atoms with Gasteiger partial charge in [0.1, 0.15) is 0 Å². The van der Waals surface area contributed by atoms with Crippen molar-refractivity contribution in [2.45, 2.75) is 24.6 Å². The van der Waals surface area contributed by atoms with Crippen LogP contribution in [-0.2, 0) is 20.9 Å². The monoisotopic (exact) mass is 293 g/mol. The van der Waals surface area contributed by atoms with Crippen molar-refractivity contribution in [3.8, 4) is 0 Å². The highest BCUT2D eigenvalue weighted by Gasteiger charge is 2.38. The fourth-order valence-electron chi connectivity index (χ4n) is 2.00. The zero-order chi connectivity index (χ0) is 14.5. The second-order valence-corrected chi connectivity index (χ2v) is 5.82. The van der Waals surface area contributed by atoms with Crippen LogP contribution in [-0.4, -0.2) is 38.8 Å². The summed E-state index contributed by atoms with van der Waals surface area (Å²) in [6.07, 6.45) is 0.164. The van der Waals surface area contributed by atoms with Crippen molar-refractivity contribution in [3.63, 3.8) is 0 Å². The first kappa shape index (κ1) is 14.6. The Bertz CT molecular complexity index is 517. The number of benzene rings is 1. The Morgan fingerprint density at radius 1 is 1.30 bits per heavy atom. The average molecular weight is 293 g/mol. The van der Waals surface area contributed by atoms with Gasteiger partial charge >= 0.3 is 5.97 Å². The third kappa shape index (κ3) is 3.60. The Balaban J connectivity index is 1.93. The van der Waals surface area contributed by atoms with E-state index in [1.54, 1.807) is 0 Å². The predicted octanol–water partition coefficient (Wildman–Crippen LogP) is 1.52. The van der Waals surface area contributed by atoms with Gasteiger partial charge in [-0.15, -0.1) is 11.8 Å². The Morgan fingerprint density at radius 3 is 2.65 bits per heavy atom. The van der Waals surface area contributed by atoms with Crippen molar-refractivity contribution < 1.29 is 19.5 Å². The molecule has 2 rings (SSSR count). The van der Waals surface area contributed by atoms with E-state index >= 15 is 0 Å². The summed E-state index contributed by atoms with van der Waals surface area (Å²) >= 11 is 1.25. The van der Waals surface area contributed by atoms with E-state index in [0.29, 0.717) is 5.75 Å². The van der Waals surface area contributed by atoms with Gasteiger partial charge in [0.05, 0.1) is 18.2 Å². The molecule has 1 fully saturated rings. The number of amides is 2. The molecule has 1 aromatic rings. The van der Waals surface area contributed by atoms with Crippen molar-refractivity contribution in [1.29, 1.82) is 0 Å². The standard InChI is InChI=1S/C14H15NO4S/c16-12-8-11(20-7-6-13(17)18)14(19)15(12)9-10-4-2-1-3-5-10/h1-5,11H,6-9H2,(H,17,18). The lowest BCUT2D eigenvalue weighted by Gasteiger charge is -2.14. The Hall–Kier alpha value is -1.82. The number of thioether (sulfide) groups is 1. The second kappa shape index (κ2) is 6.56. The third-order valence-corrected chi connectivity index (χ3v) is 4.23. The smallest absolute Gasteiger partial charge is 0.304 e. The summed E-state index contributed by atoms with van der Waals surface area (Å²) in [6.45, 7) is 0.286. The van der Waals surface area contributed by atoms with Gasteiger partial charge in [-0.2, -0.15) is 0 Å². The van der Waals surface area contributed by atoms with E-state index in [9.17, 15) is 14.4 Å². The number of carboxylic acids is 1. The summed E-state index contributed by atoms with van der Waals surface area (Å²) in [7, 11) is 0. The molecule has 0 radical (unpaired) electrons. The number of hydrogen-bond acceptors (Lipinski definition) is 4. The highest BCUT2D eigenvalue weighted by atomic mass is 32.2. The number of rotatable bonds is 6. The maximum absolute atomic E-state index is 12.1. The first-order valence-electron chi connectivity index (χ1n) is 6.29. The van der Waals surface area contributed by atoms with Gasteiger partial charge in [0.15, 0.2) is 0 Å². The minimum atomic E-state index is -0.893. The maximum atomic E-state index is 12.1. The molecule has 1 aliphatic heterocycles. The molecule has 1 heterocycles. The van der Waals surface area contributed by atoms with E-state index in [1.807, 2.05) is 30.3 Å². The fourth-order valence-corrected chi connectivity index (χ4v) is 3.11. The van der Waals surface area contributed by atoms with Crippen LogP contribution in [0.3, 0.4) is 0 Å². The largest absolute Gasteiger partial charge is 0.481 e. The fraction of sp³-hybridized carbons (Fsp3) is 0.357. The molecule has 5 nitrogen and oxygen atoms in total. The lowest BCUT2D eigenvalue weighted by atomic mass is 10.2. The molecule has 0 spiro atoms. The SMILES string of the molecule is O=C(O)CCSC1CC(=O)N(Cc2ccccc2)C1=O. The summed E-state index contributed by atoms with van der Waals surface area (Å²) in [5.74, 6) is -0.950. The molecule has 1 unspecified atom stereocenters. The minimum absolute atomic E-state index is 0.00131. The lowest BCUT2D eigenvalue weighted by Crippen LogP contribution is -2.30. The molecule has 1 aromatic carbocycles. The molecule has 1 aliphatic rings. The van der Waals surface area contributed by atoms with Crippen LogP contribution in [0.15, 0.2) is 30.3 Å². The van der Waals surface area contributed by atoms with Crippen LogP contribution in [0.4, 0.5) is 0 Å². The zero-order valence-electron chi connectivity index (χ0n) is 10.8. The van der Waals surface area contributed by atoms with Gasteiger partial charge in [-0.05, 0) is 5.56 Å². The van der Waals surface area contributed by atoms with E-state index in [0.717, 1.165) is 5.56 Å². The summed E-state index contributed by atoms with van der Waals surface area (Å²) in [5, 5.41) is 8.14. The van der Waals surface area contributed by atoms with Crippen molar-refractivity contribution in [2.24, 2.45) is 0 Å². The first-order chi connectivity index (χ1) is 9.58. The Kier molecular flexibility index (Phi) is 4.79. The number of imide groups is 1. The third-order valence-electron chi connectivity index (χ3n) is 3.02. The Labute approximate surface area is 121 Å². The van der Waals surface area contributed by atoms with Crippen LogP contribution < -0.4 is 0 Å². The van der Waals surface area contributed by atoms with Crippen LogP contribution in [0, 0.1) is 0 Å². The lowest BCUT2D eigenvalue weighted by molar-refractivity contribution is -0.139. The van der Waals surface area contributed by atoms with E-state index in [4.69, 9.17) is 5.11 Å². The quantitative estimate of drug-likeness (QED) is 0.805. The minimum Gasteiger partial charge on any atom is -0.481 e. The van der Waals surface area contributed by atoms with E-state index < -0.39 is 11.2 Å². The van der Waals surface area contributed by atoms with Gasteiger partial charge in [-0.1, -0.05) is 30.3 Å². The summed E-state index contributed by atoms with van der Waals surface area (Å²) in [4.78, 5) is 35.7. The second-order valence-electron chi connectivity index (χ2n) is 4.51. The molecule has 0 aromatic heterocycles. The Morgan fingerprint density at radius 2 is 2.00 bits per heavy atom.